The van der Waals surface area contributed by atoms with Gasteiger partial charge in [0, 0.05) is 0 Å². The Balaban J connectivity index is 1.99. The van der Waals surface area contributed by atoms with Crippen LogP contribution in [0.15, 0.2) is 41.6 Å². The number of allylic oxidation sites excluding steroid dienone is 1. The van der Waals surface area contributed by atoms with E-state index in [2.05, 4.69) is 43.0 Å². The lowest BCUT2D eigenvalue weighted by Gasteiger charge is -2.07. The molecule has 0 saturated heterocycles. The second-order valence-corrected chi connectivity index (χ2v) is 7.46. The Morgan fingerprint density at radius 3 is 1.50 bits per heavy atom. The summed E-state index contributed by atoms with van der Waals surface area (Å²) >= 11 is 0. The van der Waals surface area contributed by atoms with Crippen LogP contribution >= 0.6 is 0 Å². The Morgan fingerprint density at radius 1 is 0.625 bits per heavy atom. The molecule has 2 rings (SSSR count). The molecule has 1 fully saturated rings. The summed E-state index contributed by atoms with van der Waals surface area (Å²) < 4.78 is 0. The molecule has 0 unspecified atom stereocenters. The van der Waals surface area contributed by atoms with Crippen molar-refractivity contribution in [3.63, 3.8) is 0 Å². The number of hydrogen-bond donors (Lipinski definition) is 0. The Bertz CT molecular complexity index is 484. The number of rotatable bonds is 1. The molecule has 0 spiro atoms. The molecule has 0 heterocycles. The molecule has 1 aliphatic carbocycles. The van der Waals surface area contributed by atoms with Crippen LogP contribution < -0.4 is 0 Å². The van der Waals surface area contributed by atoms with Crippen LogP contribution in [0.4, 0.5) is 0 Å². The van der Waals surface area contributed by atoms with Gasteiger partial charge in [0.2, 0.25) is 0 Å². The first kappa shape index (κ1) is 19.1. The zero-order valence-electron chi connectivity index (χ0n) is 15.8. The first-order valence-electron chi connectivity index (χ1n) is 10.4. The Morgan fingerprint density at radius 2 is 1.04 bits per heavy atom. The summed E-state index contributed by atoms with van der Waals surface area (Å²) in [6.45, 7) is 2.22. The van der Waals surface area contributed by atoms with Gasteiger partial charge in [-0.15, -0.1) is 5.73 Å². The zero-order valence-corrected chi connectivity index (χ0v) is 15.8. The van der Waals surface area contributed by atoms with Crippen LogP contribution in [-0.2, 0) is 0 Å². The highest BCUT2D eigenvalue weighted by atomic mass is 14.1. The van der Waals surface area contributed by atoms with Gasteiger partial charge in [0.15, 0.2) is 0 Å². The highest BCUT2D eigenvalue weighted by Crippen LogP contribution is 2.21. The predicted octanol–water partition coefficient (Wildman–Crippen LogP) is 8.09. The molecule has 0 amide bonds. The molecule has 0 atom stereocenters. The highest BCUT2D eigenvalue weighted by Gasteiger charge is 2.02. The van der Waals surface area contributed by atoms with Gasteiger partial charge < -0.3 is 0 Å². The first-order valence-corrected chi connectivity index (χ1v) is 10.4. The standard InChI is InChI=1S/C24H36/c1-22(24-19-15-12-16-20-24)21-23-17-13-10-8-6-4-2-3-5-7-9-11-14-18-23/h12,15-16,19-20H,2-11,13-14,17-18H2,1H3. The number of benzene rings is 1. The van der Waals surface area contributed by atoms with Crippen LogP contribution in [0.1, 0.15) is 102 Å². The van der Waals surface area contributed by atoms with Gasteiger partial charge in [-0.25, -0.2) is 0 Å². The molecule has 1 saturated carbocycles. The van der Waals surface area contributed by atoms with Gasteiger partial charge in [-0.2, -0.15) is 0 Å². The summed E-state index contributed by atoms with van der Waals surface area (Å²) in [7, 11) is 0. The van der Waals surface area contributed by atoms with Crippen molar-refractivity contribution >= 4 is 5.57 Å². The summed E-state index contributed by atoms with van der Waals surface area (Å²) in [6, 6.07) is 10.8. The third-order valence-electron chi connectivity index (χ3n) is 5.28. The summed E-state index contributed by atoms with van der Waals surface area (Å²) in [5.41, 5.74) is 7.95. The van der Waals surface area contributed by atoms with Crippen LogP contribution in [0, 0.1) is 0 Å². The third-order valence-corrected chi connectivity index (χ3v) is 5.28. The monoisotopic (exact) mass is 324 g/mol. The van der Waals surface area contributed by atoms with Crippen LogP contribution in [0.5, 0.6) is 0 Å². The second kappa shape index (κ2) is 12.2. The van der Waals surface area contributed by atoms with Crippen LogP contribution in [0.3, 0.4) is 0 Å². The fourth-order valence-electron chi connectivity index (χ4n) is 3.72. The largest absolute Gasteiger partial charge is 0.118 e. The van der Waals surface area contributed by atoms with Crippen LogP contribution in [0.25, 0.3) is 5.57 Å². The van der Waals surface area contributed by atoms with E-state index in [0.717, 1.165) is 0 Å². The van der Waals surface area contributed by atoms with Crippen molar-refractivity contribution in [1.82, 2.24) is 0 Å². The Kier molecular flexibility index (Phi) is 9.66. The van der Waals surface area contributed by atoms with Crippen molar-refractivity contribution in [2.75, 3.05) is 0 Å². The molecule has 0 radical (unpaired) electrons. The van der Waals surface area contributed by atoms with Crippen molar-refractivity contribution in [1.29, 1.82) is 0 Å². The average molecular weight is 325 g/mol. The lowest BCUT2D eigenvalue weighted by atomic mass is 9.99. The average Bonchev–Trinajstić information content (AvgIpc) is 2.62. The zero-order chi connectivity index (χ0) is 16.9. The van der Waals surface area contributed by atoms with E-state index in [1.807, 2.05) is 0 Å². The highest BCUT2D eigenvalue weighted by molar-refractivity contribution is 5.63. The molecule has 24 heavy (non-hydrogen) atoms. The Hall–Kier alpha value is -1.26. The summed E-state index contributed by atoms with van der Waals surface area (Å²) in [4.78, 5) is 0. The first-order chi connectivity index (χ1) is 11.9. The van der Waals surface area contributed by atoms with Crippen molar-refractivity contribution in [2.45, 2.75) is 96.8 Å². The van der Waals surface area contributed by atoms with E-state index in [1.54, 1.807) is 5.57 Å². The fraction of sp³-hybridized carbons (Fsp3) is 0.625. The van der Waals surface area contributed by atoms with Gasteiger partial charge in [0.25, 0.3) is 0 Å². The van der Waals surface area contributed by atoms with E-state index in [-0.39, 0.29) is 0 Å². The van der Waals surface area contributed by atoms with Crippen molar-refractivity contribution in [2.24, 2.45) is 0 Å². The molecule has 1 aromatic carbocycles. The summed E-state index contributed by atoms with van der Waals surface area (Å²) in [5.74, 6) is 0. The molecule has 0 aromatic heterocycles. The van der Waals surface area contributed by atoms with Gasteiger partial charge in [0.05, 0.1) is 0 Å². The van der Waals surface area contributed by atoms with E-state index >= 15 is 0 Å². The smallest absolute Gasteiger partial charge is 0.00195 e. The molecule has 0 N–H and O–H groups in total. The minimum atomic E-state index is 1.25. The fourth-order valence-corrected chi connectivity index (χ4v) is 3.72. The normalized spacial score (nSPS) is 19.0. The van der Waals surface area contributed by atoms with Crippen molar-refractivity contribution in [3.8, 4) is 0 Å². The van der Waals surface area contributed by atoms with Gasteiger partial charge in [-0.3, -0.25) is 0 Å². The predicted molar refractivity (Wildman–Crippen MR) is 107 cm³/mol. The topological polar surface area (TPSA) is 0 Å². The molecule has 1 aromatic rings. The molecule has 0 aliphatic heterocycles. The molecular weight excluding hydrogens is 288 g/mol. The van der Waals surface area contributed by atoms with Crippen LogP contribution in [0.2, 0.25) is 0 Å². The van der Waals surface area contributed by atoms with Crippen LogP contribution in [-0.4, -0.2) is 0 Å². The van der Waals surface area contributed by atoms with Gasteiger partial charge in [0.1, 0.15) is 0 Å². The number of hydrogen-bond acceptors (Lipinski definition) is 0. The minimum Gasteiger partial charge on any atom is -0.118 e. The third kappa shape index (κ3) is 8.02. The van der Waals surface area contributed by atoms with E-state index in [1.165, 1.54) is 101 Å². The summed E-state index contributed by atoms with van der Waals surface area (Å²) in [6.07, 6.45) is 19.6. The van der Waals surface area contributed by atoms with Crippen molar-refractivity contribution in [3.05, 3.63) is 47.2 Å². The Labute approximate surface area is 150 Å². The van der Waals surface area contributed by atoms with E-state index in [9.17, 15) is 0 Å². The maximum absolute atomic E-state index is 3.76. The van der Waals surface area contributed by atoms with E-state index in [4.69, 9.17) is 0 Å². The van der Waals surface area contributed by atoms with Gasteiger partial charge in [-0.1, -0.05) is 94.5 Å². The van der Waals surface area contributed by atoms with Gasteiger partial charge >= 0.3 is 0 Å². The quantitative estimate of drug-likeness (QED) is 0.458. The molecule has 0 heteroatoms. The molecule has 0 nitrogen and oxygen atoms in total. The maximum Gasteiger partial charge on any atom is -0.00195 e. The molecule has 1 aliphatic rings. The molecule has 132 valence electrons. The molecule has 0 bridgehead atoms. The van der Waals surface area contributed by atoms with Gasteiger partial charge in [-0.05, 0) is 49.3 Å². The summed E-state index contributed by atoms with van der Waals surface area (Å²) in [5, 5.41) is 0. The van der Waals surface area contributed by atoms with Crippen molar-refractivity contribution < 1.29 is 0 Å². The lowest BCUT2D eigenvalue weighted by Crippen LogP contribution is -1.87. The lowest BCUT2D eigenvalue weighted by molar-refractivity contribution is 0.548. The minimum absolute atomic E-state index is 1.25. The second-order valence-electron chi connectivity index (χ2n) is 7.46. The maximum atomic E-state index is 3.76. The van der Waals surface area contributed by atoms with E-state index < -0.39 is 0 Å². The van der Waals surface area contributed by atoms with E-state index in [0.29, 0.717) is 0 Å². The SMILES string of the molecule is CC(=C=C1CCCCCCCCCCCCCC1)c1ccccc1. The molecular formula is C24H36.